The van der Waals surface area contributed by atoms with Crippen molar-refractivity contribution in [1.29, 1.82) is 0 Å². The van der Waals surface area contributed by atoms with Crippen molar-refractivity contribution in [2.75, 3.05) is 14.2 Å². The number of methoxy groups -OCH3 is 2. The molecule has 4 heteroatoms. The average molecular weight is 242 g/mol. The van der Waals surface area contributed by atoms with E-state index in [1.165, 1.54) is 0 Å². The summed E-state index contributed by atoms with van der Waals surface area (Å²) < 4.78 is 10.3. The van der Waals surface area contributed by atoms with Gasteiger partial charge in [-0.1, -0.05) is 24.3 Å². The fourth-order valence-corrected chi connectivity index (χ4v) is 1.82. The Hall–Kier alpha value is -1.94. The summed E-state index contributed by atoms with van der Waals surface area (Å²) >= 11 is 0. The van der Waals surface area contributed by atoms with Crippen molar-refractivity contribution in [3.05, 3.63) is 48.5 Å². The molecule has 18 heavy (non-hydrogen) atoms. The Morgan fingerprint density at radius 2 is 1.28 bits per heavy atom. The maximum absolute atomic E-state index is 10.3. The van der Waals surface area contributed by atoms with Gasteiger partial charge in [0.05, 0.1) is 14.2 Å². The molecule has 0 atom stereocenters. The van der Waals surface area contributed by atoms with Crippen LogP contribution in [0.3, 0.4) is 0 Å². The minimum Gasteiger partial charge on any atom is -0.497 e. The standard InChI is InChI=1S/C14H15BO3/c1-17-13-7-3-5-11(9-13)15(16)12-6-4-8-14(10-12)18-2/h3-10,16H,1-2H3. The van der Waals surface area contributed by atoms with Gasteiger partial charge < -0.3 is 14.5 Å². The molecular weight excluding hydrogens is 227 g/mol. The molecule has 1 N–H and O–H groups in total. The Morgan fingerprint density at radius 1 is 0.833 bits per heavy atom. The van der Waals surface area contributed by atoms with Gasteiger partial charge in [-0.2, -0.15) is 0 Å². The van der Waals surface area contributed by atoms with Gasteiger partial charge in [-0.25, -0.2) is 0 Å². The number of hydrogen-bond acceptors (Lipinski definition) is 3. The first kappa shape index (κ1) is 12.5. The third-order valence-corrected chi connectivity index (χ3v) is 2.82. The van der Waals surface area contributed by atoms with Crippen molar-refractivity contribution < 1.29 is 14.5 Å². The normalized spacial score (nSPS) is 9.94. The largest absolute Gasteiger partial charge is 0.497 e. The topological polar surface area (TPSA) is 38.7 Å². The molecule has 3 nitrogen and oxygen atoms in total. The van der Waals surface area contributed by atoms with Crippen LogP contribution in [0.2, 0.25) is 0 Å². The highest BCUT2D eigenvalue weighted by molar-refractivity contribution is 6.79. The van der Waals surface area contributed by atoms with Crippen molar-refractivity contribution in [2.24, 2.45) is 0 Å². The van der Waals surface area contributed by atoms with E-state index in [0.29, 0.717) is 0 Å². The molecule has 0 fully saturated rings. The lowest BCUT2D eigenvalue weighted by Crippen LogP contribution is -2.42. The fourth-order valence-electron chi connectivity index (χ4n) is 1.82. The third-order valence-electron chi connectivity index (χ3n) is 2.82. The second-order valence-corrected chi connectivity index (χ2v) is 3.96. The highest BCUT2D eigenvalue weighted by atomic mass is 16.5. The molecule has 0 aliphatic carbocycles. The lowest BCUT2D eigenvalue weighted by molar-refractivity contribution is 0.415. The van der Waals surface area contributed by atoms with Crippen LogP contribution in [0, 0.1) is 0 Å². The van der Waals surface area contributed by atoms with Crippen LogP contribution in [0.1, 0.15) is 0 Å². The first-order chi connectivity index (χ1) is 8.74. The van der Waals surface area contributed by atoms with Crippen LogP contribution in [-0.2, 0) is 0 Å². The second-order valence-electron chi connectivity index (χ2n) is 3.96. The summed E-state index contributed by atoms with van der Waals surface area (Å²) in [5.41, 5.74) is 1.59. The molecule has 2 aromatic rings. The zero-order valence-electron chi connectivity index (χ0n) is 10.5. The number of benzene rings is 2. The Labute approximate surface area is 107 Å². The first-order valence-electron chi connectivity index (χ1n) is 5.70. The summed E-state index contributed by atoms with van der Waals surface area (Å²) in [6, 6.07) is 14.8. The van der Waals surface area contributed by atoms with Gasteiger partial charge in [0.15, 0.2) is 0 Å². The van der Waals surface area contributed by atoms with Gasteiger partial charge in [0.1, 0.15) is 11.5 Å². The Morgan fingerprint density at radius 3 is 1.67 bits per heavy atom. The maximum Gasteiger partial charge on any atom is 0.359 e. The summed E-state index contributed by atoms with van der Waals surface area (Å²) in [5.74, 6) is 1.46. The summed E-state index contributed by atoms with van der Waals surface area (Å²) in [6.07, 6.45) is 0. The Kier molecular flexibility index (Phi) is 3.90. The van der Waals surface area contributed by atoms with Crippen LogP contribution >= 0.6 is 0 Å². The highest BCUT2D eigenvalue weighted by Gasteiger charge is 2.17. The van der Waals surface area contributed by atoms with Crippen LogP contribution in [0.15, 0.2) is 48.5 Å². The van der Waals surface area contributed by atoms with Crippen LogP contribution in [-0.4, -0.2) is 26.2 Å². The van der Waals surface area contributed by atoms with Gasteiger partial charge in [-0.15, -0.1) is 0 Å². The molecule has 0 aliphatic heterocycles. The Bertz CT molecular complexity index is 480. The van der Waals surface area contributed by atoms with Crippen LogP contribution in [0.4, 0.5) is 0 Å². The summed E-state index contributed by atoms with van der Waals surface area (Å²) in [6.45, 7) is -0.685. The molecule has 0 radical (unpaired) electrons. The molecule has 0 spiro atoms. The molecular formula is C14H15BO3. The third kappa shape index (κ3) is 2.66. The van der Waals surface area contributed by atoms with Gasteiger partial charge in [-0.3, -0.25) is 0 Å². The van der Waals surface area contributed by atoms with Crippen LogP contribution < -0.4 is 20.4 Å². The molecule has 0 unspecified atom stereocenters. The summed E-state index contributed by atoms with van der Waals surface area (Å²) in [7, 11) is 3.22. The minimum absolute atomic E-state index is 0.685. The van der Waals surface area contributed by atoms with Gasteiger partial charge in [0, 0.05) is 0 Å². The predicted molar refractivity (Wildman–Crippen MR) is 73.2 cm³/mol. The molecule has 0 amide bonds. The van der Waals surface area contributed by atoms with Crippen molar-refractivity contribution in [1.82, 2.24) is 0 Å². The molecule has 0 bridgehead atoms. The van der Waals surface area contributed by atoms with Gasteiger partial charge >= 0.3 is 6.92 Å². The van der Waals surface area contributed by atoms with E-state index in [1.54, 1.807) is 14.2 Å². The lowest BCUT2D eigenvalue weighted by Gasteiger charge is -2.10. The molecule has 0 saturated heterocycles. The second kappa shape index (κ2) is 5.60. The number of hydrogen-bond donors (Lipinski definition) is 1. The van der Waals surface area contributed by atoms with Crippen LogP contribution in [0.5, 0.6) is 11.5 Å². The van der Waals surface area contributed by atoms with Crippen molar-refractivity contribution in [3.63, 3.8) is 0 Å². The van der Waals surface area contributed by atoms with E-state index in [1.807, 2.05) is 48.5 Å². The van der Waals surface area contributed by atoms with E-state index in [2.05, 4.69) is 0 Å². The molecule has 0 saturated carbocycles. The number of rotatable bonds is 4. The van der Waals surface area contributed by atoms with Crippen molar-refractivity contribution in [2.45, 2.75) is 0 Å². The molecule has 2 aromatic carbocycles. The average Bonchev–Trinajstić information content (AvgIpc) is 2.46. The van der Waals surface area contributed by atoms with Gasteiger partial charge in [-0.05, 0) is 35.2 Å². The smallest absolute Gasteiger partial charge is 0.359 e. The predicted octanol–water partition coefficient (Wildman–Crippen LogP) is 0.802. The molecule has 92 valence electrons. The molecule has 0 aromatic heterocycles. The summed E-state index contributed by atoms with van der Waals surface area (Å²) in [4.78, 5) is 0. The molecule has 0 heterocycles. The monoisotopic (exact) mass is 242 g/mol. The van der Waals surface area contributed by atoms with E-state index < -0.39 is 6.92 Å². The van der Waals surface area contributed by atoms with Crippen LogP contribution in [0.25, 0.3) is 0 Å². The van der Waals surface area contributed by atoms with E-state index in [4.69, 9.17) is 9.47 Å². The lowest BCUT2D eigenvalue weighted by atomic mass is 9.56. The molecule has 0 aliphatic rings. The zero-order chi connectivity index (χ0) is 13.0. The minimum atomic E-state index is -0.685. The zero-order valence-corrected chi connectivity index (χ0v) is 10.5. The van der Waals surface area contributed by atoms with E-state index in [-0.39, 0.29) is 0 Å². The first-order valence-corrected chi connectivity index (χ1v) is 5.70. The van der Waals surface area contributed by atoms with Gasteiger partial charge in [0.25, 0.3) is 0 Å². The summed E-state index contributed by atoms with van der Waals surface area (Å²) in [5, 5.41) is 10.3. The van der Waals surface area contributed by atoms with E-state index in [0.717, 1.165) is 22.4 Å². The van der Waals surface area contributed by atoms with E-state index >= 15 is 0 Å². The quantitative estimate of drug-likeness (QED) is 0.806. The van der Waals surface area contributed by atoms with Crippen molar-refractivity contribution in [3.8, 4) is 11.5 Å². The van der Waals surface area contributed by atoms with Gasteiger partial charge in [0.2, 0.25) is 0 Å². The fraction of sp³-hybridized carbons (Fsp3) is 0.143. The molecule has 2 rings (SSSR count). The van der Waals surface area contributed by atoms with Crippen molar-refractivity contribution >= 4 is 17.8 Å². The number of ether oxygens (including phenoxy) is 2. The van der Waals surface area contributed by atoms with E-state index in [9.17, 15) is 5.02 Å². The maximum atomic E-state index is 10.3. The Balaban J connectivity index is 2.31. The highest BCUT2D eigenvalue weighted by Crippen LogP contribution is 2.08. The SMILES string of the molecule is COc1cccc(B(O)c2cccc(OC)c2)c1.